The summed E-state index contributed by atoms with van der Waals surface area (Å²) in [5, 5.41) is 3.76. The molecule has 152 valence electrons. The minimum absolute atomic E-state index is 0.0960. The lowest BCUT2D eigenvalue weighted by molar-refractivity contribution is -0.121. The first-order valence-electron chi connectivity index (χ1n) is 10.1. The van der Waals surface area contributed by atoms with Crippen molar-refractivity contribution in [1.82, 2.24) is 5.32 Å². The van der Waals surface area contributed by atoms with Crippen molar-refractivity contribution < 1.29 is 14.3 Å². The Balaban J connectivity index is 1.32. The first-order chi connectivity index (χ1) is 14.2. The van der Waals surface area contributed by atoms with Crippen LogP contribution in [0, 0.1) is 5.92 Å². The topological polar surface area (TPSA) is 80.1 Å². The van der Waals surface area contributed by atoms with Crippen molar-refractivity contribution >= 4 is 34.5 Å². The van der Waals surface area contributed by atoms with Crippen LogP contribution in [-0.4, -0.2) is 29.8 Å². The molecule has 2 amide bonds. The molecule has 2 aliphatic heterocycles. The van der Waals surface area contributed by atoms with Crippen LogP contribution >= 0.6 is 11.8 Å². The average Bonchev–Trinajstić information content (AvgIpc) is 2.92. The summed E-state index contributed by atoms with van der Waals surface area (Å²) < 4.78 is 5.30. The van der Waals surface area contributed by atoms with Crippen LogP contribution in [0.4, 0.5) is 0 Å². The molecule has 0 saturated heterocycles. The normalized spacial score (nSPS) is 21.0. The van der Waals surface area contributed by atoms with Gasteiger partial charge < -0.3 is 10.1 Å². The summed E-state index contributed by atoms with van der Waals surface area (Å²) in [5.41, 5.74) is 2.17. The Bertz CT molecular complexity index is 920. The molecule has 29 heavy (non-hydrogen) atoms. The fourth-order valence-electron chi connectivity index (χ4n) is 3.99. The van der Waals surface area contributed by atoms with E-state index in [-0.39, 0.29) is 24.2 Å². The Morgan fingerprint density at radius 1 is 1.21 bits per heavy atom. The van der Waals surface area contributed by atoms with Crippen molar-refractivity contribution in [1.29, 1.82) is 0 Å². The number of thioether (sulfide) groups is 1. The number of aliphatic imine (C=N–C) groups is 2. The van der Waals surface area contributed by atoms with Gasteiger partial charge >= 0.3 is 0 Å². The van der Waals surface area contributed by atoms with Gasteiger partial charge in [0, 0.05) is 24.9 Å². The van der Waals surface area contributed by atoms with Gasteiger partial charge in [0.05, 0.1) is 12.2 Å². The van der Waals surface area contributed by atoms with Crippen molar-refractivity contribution in [2.24, 2.45) is 15.9 Å². The van der Waals surface area contributed by atoms with Gasteiger partial charge in [-0.25, -0.2) is 4.99 Å². The minimum Gasteiger partial charge on any atom is -0.496 e. The van der Waals surface area contributed by atoms with E-state index in [2.05, 4.69) is 15.3 Å². The van der Waals surface area contributed by atoms with Gasteiger partial charge in [-0.3, -0.25) is 9.59 Å². The van der Waals surface area contributed by atoms with E-state index in [1.807, 2.05) is 24.3 Å². The van der Waals surface area contributed by atoms with Crippen molar-refractivity contribution in [3.8, 4) is 5.75 Å². The van der Waals surface area contributed by atoms with Crippen LogP contribution in [0.3, 0.4) is 0 Å². The fourth-order valence-corrected chi connectivity index (χ4v) is 5.35. The van der Waals surface area contributed by atoms with E-state index in [0.29, 0.717) is 18.8 Å². The zero-order chi connectivity index (χ0) is 20.2. The third kappa shape index (κ3) is 4.45. The van der Waals surface area contributed by atoms with Crippen LogP contribution in [-0.2, 0) is 16.1 Å². The number of para-hydroxylation sites is 1. The number of hydrogen-bond donors (Lipinski definition) is 1. The lowest BCUT2D eigenvalue weighted by Gasteiger charge is -2.16. The predicted octanol–water partition coefficient (Wildman–Crippen LogP) is 4.01. The molecule has 2 heterocycles. The van der Waals surface area contributed by atoms with Crippen molar-refractivity contribution in [3.05, 3.63) is 40.3 Å². The number of methoxy groups -OCH3 is 1. The number of hydrogen-bond acceptors (Lipinski definition) is 5. The third-order valence-electron chi connectivity index (χ3n) is 5.50. The highest BCUT2D eigenvalue weighted by Crippen LogP contribution is 2.46. The van der Waals surface area contributed by atoms with E-state index in [1.165, 1.54) is 23.3 Å². The van der Waals surface area contributed by atoms with Gasteiger partial charge in [0.15, 0.2) is 0 Å². The maximum atomic E-state index is 12.6. The second-order valence-corrected chi connectivity index (χ2v) is 8.56. The molecular weight excluding hydrogens is 386 g/mol. The highest BCUT2D eigenvalue weighted by atomic mass is 32.2. The number of nitrogens with one attached hydrogen (secondary N) is 1. The summed E-state index contributed by atoms with van der Waals surface area (Å²) in [6.07, 6.45) is 6.18. The largest absolute Gasteiger partial charge is 0.496 e. The quantitative estimate of drug-likeness (QED) is 0.767. The highest BCUT2D eigenvalue weighted by Gasteiger charge is 2.39. The number of allylic oxidation sites excluding steroid dienone is 1. The number of amidine groups is 1. The average molecular weight is 412 g/mol. The summed E-state index contributed by atoms with van der Waals surface area (Å²) in [4.78, 5) is 35.1. The molecule has 0 aromatic heterocycles. The highest BCUT2D eigenvalue weighted by molar-refractivity contribution is 8.17. The zero-order valence-electron chi connectivity index (χ0n) is 16.6. The number of rotatable bonds is 6. The molecule has 3 aliphatic rings. The number of fused-ring (bicyclic) bond motifs is 2. The molecule has 1 atom stereocenters. The Morgan fingerprint density at radius 2 is 2.03 bits per heavy atom. The molecule has 1 N–H and O–H groups in total. The Morgan fingerprint density at radius 3 is 2.90 bits per heavy atom. The molecule has 0 spiro atoms. The van der Waals surface area contributed by atoms with Crippen LogP contribution in [0.5, 0.6) is 5.75 Å². The molecule has 6 nitrogen and oxygen atoms in total. The van der Waals surface area contributed by atoms with Crippen LogP contribution in [0.2, 0.25) is 0 Å². The summed E-state index contributed by atoms with van der Waals surface area (Å²) in [5.74, 6) is 0.758. The van der Waals surface area contributed by atoms with Crippen molar-refractivity contribution in [3.63, 3.8) is 0 Å². The molecule has 1 aromatic carbocycles. The molecule has 1 aromatic rings. The van der Waals surface area contributed by atoms with Gasteiger partial charge in [-0.05, 0) is 42.2 Å². The molecule has 1 aliphatic carbocycles. The molecule has 0 radical (unpaired) electrons. The molecule has 0 saturated carbocycles. The van der Waals surface area contributed by atoms with Crippen molar-refractivity contribution in [2.75, 3.05) is 7.11 Å². The Hall–Kier alpha value is -2.41. The standard InChI is InChI=1S/C22H25N3O3S/c1-28-16-9-6-5-7-14(16)13-23-19(26)12-11-18-24-21(27)20-15-8-3-2-4-10-17(15)29-22(20)25-18/h5-7,9,20H,2-4,8,10-13H2,1H3,(H,23,26). The zero-order valence-corrected chi connectivity index (χ0v) is 17.4. The second kappa shape index (κ2) is 8.95. The molecule has 7 heteroatoms. The SMILES string of the molecule is COc1ccccc1CNC(=O)CCC1=NC(=O)C2C(=N1)SC1=C2CCCCC1. The molecule has 0 bridgehead atoms. The summed E-state index contributed by atoms with van der Waals surface area (Å²) >= 11 is 1.66. The van der Waals surface area contributed by atoms with Crippen LogP contribution in [0.1, 0.15) is 50.5 Å². The molecule has 0 fully saturated rings. The molecule has 1 unspecified atom stereocenters. The van der Waals surface area contributed by atoms with Gasteiger partial charge in [-0.2, -0.15) is 4.99 Å². The monoisotopic (exact) mass is 411 g/mol. The first-order valence-corrected chi connectivity index (χ1v) is 11.0. The number of benzene rings is 1. The lowest BCUT2D eigenvalue weighted by atomic mass is 9.94. The Kier molecular flexibility index (Phi) is 6.13. The minimum atomic E-state index is -0.253. The summed E-state index contributed by atoms with van der Waals surface area (Å²) in [6.45, 7) is 0.400. The van der Waals surface area contributed by atoms with E-state index >= 15 is 0 Å². The lowest BCUT2D eigenvalue weighted by Crippen LogP contribution is -2.27. The van der Waals surface area contributed by atoms with Gasteiger partial charge in [0.25, 0.3) is 5.91 Å². The van der Waals surface area contributed by atoms with E-state index in [9.17, 15) is 9.59 Å². The summed E-state index contributed by atoms with van der Waals surface area (Å²) in [6, 6.07) is 7.59. The molecule has 4 rings (SSSR count). The van der Waals surface area contributed by atoms with Gasteiger partial charge in [-0.1, -0.05) is 36.4 Å². The van der Waals surface area contributed by atoms with E-state index in [4.69, 9.17) is 4.74 Å². The maximum absolute atomic E-state index is 12.6. The fraction of sp³-hybridized carbons (Fsp3) is 0.455. The van der Waals surface area contributed by atoms with Crippen molar-refractivity contribution in [2.45, 2.75) is 51.5 Å². The first kappa shape index (κ1) is 19.9. The number of nitrogens with zero attached hydrogens (tertiary/aromatic N) is 2. The van der Waals surface area contributed by atoms with Crippen LogP contribution in [0.25, 0.3) is 0 Å². The predicted molar refractivity (Wildman–Crippen MR) is 115 cm³/mol. The van der Waals surface area contributed by atoms with E-state index in [1.54, 1.807) is 18.9 Å². The Labute approximate surface area is 174 Å². The van der Waals surface area contributed by atoms with Gasteiger partial charge in [-0.15, -0.1) is 0 Å². The van der Waals surface area contributed by atoms with Crippen LogP contribution < -0.4 is 10.1 Å². The number of amides is 2. The van der Waals surface area contributed by atoms with E-state index in [0.717, 1.165) is 35.6 Å². The van der Waals surface area contributed by atoms with Gasteiger partial charge in [0.2, 0.25) is 5.91 Å². The summed E-state index contributed by atoms with van der Waals surface area (Å²) in [7, 11) is 1.61. The maximum Gasteiger partial charge on any atom is 0.261 e. The van der Waals surface area contributed by atoms with Crippen LogP contribution in [0.15, 0.2) is 44.7 Å². The number of ether oxygens (including phenoxy) is 1. The smallest absolute Gasteiger partial charge is 0.261 e. The second-order valence-electron chi connectivity index (χ2n) is 7.45. The third-order valence-corrected chi connectivity index (χ3v) is 6.75. The van der Waals surface area contributed by atoms with Gasteiger partial charge in [0.1, 0.15) is 17.5 Å². The number of carbonyl (C=O) groups is 2. The molecular formula is C22H25N3O3S. The number of carbonyl (C=O) groups excluding carboxylic acids is 2. The van der Waals surface area contributed by atoms with E-state index < -0.39 is 0 Å².